The number of carbonyl (C=O) groups is 1. The summed E-state index contributed by atoms with van der Waals surface area (Å²) in [6.07, 6.45) is 9.00. The first-order chi connectivity index (χ1) is 15.3. The van der Waals surface area contributed by atoms with Crippen LogP contribution in [0.1, 0.15) is 72.1 Å². The number of fused-ring (bicyclic) bond motifs is 5. The number of rotatable bonds is 7. The Morgan fingerprint density at radius 3 is 2.56 bits per heavy atom. The molecule has 4 fully saturated rings. The van der Waals surface area contributed by atoms with Crippen molar-refractivity contribution in [3.63, 3.8) is 0 Å². The second-order valence-electron chi connectivity index (χ2n) is 11.8. The van der Waals surface area contributed by atoms with Crippen LogP contribution in [0.25, 0.3) is 0 Å². The molecule has 0 aromatic rings. The fraction of sp³-hybridized carbons (Fsp3) is 0.963. The third-order valence-electron chi connectivity index (χ3n) is 10.8. The van der Waals surface area contributed by atoms with E-state index in [2.05, 4.69) is 20.8 Å². The summed E-state index contributed by atoms with van der Waals surface area (Å²) >= 11 is 0. The lowest BCUT2D eigenvalue weighted by molar-refractivity contribution is -0.209. The lowest BCUT2D eigenvalue weighted by Gasteiger charge is -2.62. The summed E-state index contributed by atoms with van der Waals surface area (Å²) in [5, 5.41) is 0. The van der Waals surface area contributed by atoms with Crippen molar-refractivity contribution in [2.24, 2.45) is 46.3 Å². The minimum absolute atomic E-state index is 0.0269. The molecule has 3 saturated carbocycles. The molecule has 5 heteroatoms. The molecule has 5 nitrogen and oxygen atoms in total. The molecule has 1 saturated heterocycles. The van der Waals surface area contributed by atoms with Crippen LogP contribution in [0.15, 0.2) is 0 Å². The van der Waals surface area contributed by atoms with Crippen LogP contribution in [0.5, 0.6) is 0 Å². The summed E-state index contributed by atoms with van der Waals surface area (Å²) in [5.41, 5.74) is 0.297. The van der Waals surface area contributed by atoms with E-state index in [0.29, 0.717) is 48.5 Å². The number of carbonyl (C=O) groups excluding carboxylic acids is 1. The van der Waals surface area contributed by atoms with E-state index in [0.717, 1.165) is 32.3 Å². The van der Waals surface area contributed by atoms with E-state index in [9.17, 15) is 4.79 Å². The second-order valence-corrected chi connectivity index (χ2v) is 11.8. The fourth-order valence-corrected chi connectivity index (χ4v) is 9.04. The molecule has 1 aliphatic heterocycles. The summed E-state index contributed by atoms with van der Waals surface area (Å²) in [6, 6.07) is 0. The third-order valence-corrected chi connectivity index (χ3v) is 10.8. The van der Waals surface area contributed by atoms with E-state index in [4.69, 9.17) is 18.9 Å². The van der Waals surface area contributed by atoms with Crippen molar-refractivity contribution < 1.29 is 23.7 Å². The molecule has 0 aromatic carbocycles. The summed E-state index contributed by atoms with van der Waals surface area (Å²) in [4.78, 5) is 12.2. The van der Waals surface area contributed by atoms with Crippen molar-refractivity contribution in [1.29, 1.82) is 0 Å². The molecular weight excluding hydrogens is 404 g/mol. The van der Waals surface area contributed by atoms with Gasteiger partial charge in [-0.2, -0.15) is 0 Å². The first-order valence-electron chi connectivity index (χ1n) is 13.0. The molecule has 0 unspecified atom stereocenters. The quantitative estimate of drug-likeness (QED) is 0.398. The van der Waals surface area contributed by atoms with E-state index in [1.54, 1.807) is 7.11 Å². The molecule has 184 valence electrons. The fourth-order valence-electron chi connectivity index (χ4n) is 9.04. The Balaban J connectivity index is 1.66. The zero-order valence-electron chi connectivity index (χ0n) is 21.2. The van der Waals surface area contributed by atoms with Gasteiger partial charge in [0.2, 0.25) is 0 Å². The normalized spacial score (nSPS) is 47.1. The van der Waals surface area contributed by atoms with E-state index in [1.165, 1.54) is 19.3 Å². The van der Waals surface area contributed by atoms with Gasteiger partial charge in [-0.3, -0.25) is 4.79 Å². The summed E-state index contributed by atoms with van der Waals surface area (Å²) in [7, 11) is 5.62. The Morgan fingerprint density at radius 1 is 1.09 bits per heavy atom. The van der Waals surface area contributed by atoms with Gasteiger partial charge in [0.15, 0.2) is 0 Å². The smallest absolute Gasteiger partial charge is 0.305 e. The van der Waals surface area contributed by atoms with Gasteiger partial charge in [-0.05, 0) is 80.0 Å². The molecule has 32 heavy (non-hydrogen) atoms. The van der Waals surface area contributed by atoms with Crippen molar-refractivity contribution in [2.75, 3.05) is 34.5 Å². The van der Waals surface area contributed by atoms with Crippen molar-refractivity contribution in [2.45, 2.75) is 84.3 Å². The summed E-state index contributed by atoms with van der Waals surface area (Å²) in [5.74, 6) is 3.38. The monoisotopic (exact) mass is 450 g/mol. The number of hydrogen-bond acceptors (Lipinski definition) is 5. The van der Waals surface area contributed by atoms with Crippen LogP contribution in [0, 0.1) is 46.3 Å². The van der Waals surface area contributed by atoms with E-state index < -0.39 is 0 Å². The van der Waals surface area contributed by atoms with Gasteiger partial charge in [-0.15, -0.1) is 0 Å². The van der Waals surface area contributed by atoms with Crippen LogP contribution in [0.4, 0.5) is 0 Å². The van der Waals surface area contributed by atoms with Gasteiger partial charge in [0.25, 0.3) is 0 Å². The maximum Gasteiger partial charge on any atom is 0.305 e. The number of cyclic esters (lactones) is 1. The summed E-state index contributed by atoms with van der Waals surface area (Å²) in [6.45, 7) is 8.83. The average Bonchev–Trinajstić information content (AvgIpc) is 3.06. The van der Waals surface area contributed by atoms with Crippen molar-refractivity contribution in [3.8, 4) is 0 Å². The predicted octanol–water partition coefficient (Wildman–Crippen LogP) is 5.11. The largest absolute Gasteiger partial charge is 0.465 e. The predicted molar refractivity (Wildman–Crippen MR) is 124 cm³/mol. The van der Waals surface area contributed by atoms with Gasteiger partial charge in [0.1, 0.15) is 0 Å². The van der Waals surface area contributed by atoms with Gasteiger partial charge in [0, 0.05) is 45.7 Å². The van der Waals surface area contributed by atoms with E-state index in [-0.39, 0.29) is 29.0 Å². The molecule has 0 radical (unpaired) electrons. The zero-order valence-corrected chi connectivity index (χ0v) is 21.2. The van der Waals surface area contributed by atoms with Crippen LogP contribution >= 0.6 is 0 Å². The molecule has 3 aliphatic carbocycles. The SMILES string of the molecule is COCCC[C@@H](C)[C@H]1CC[C@H]2[C@@H]3[C@H](OC)C[C@@H]4COC(=O)CC[C@]4(C)[C@H]3C[C@H](OC)[C@]12C. The van der Waals surface area contributed by atoms with E-state index in [1.807, 2.05) is 14.2 Å². The van der Waals surface area contributed by atoms with Crippen molar-refractivity contribution in [3.05, 3.63) is 0 Å². The standard InChI is InChI=1S/C27H46O5/c1-17(8-7-13-29-4)19-9-10-20-25-21(15-23(31-6)27(19,20)3)26(2)12-11-24(28)32-16-18(26)14-22(25)30-5/h17-23,25H,7-16H2,1-6H3/t17-,18-,19-,20+,21+,22-,23+,25+,26+,27-/m1/s1. The van der Waals surface area contributed by atoms with Crippen molar-refractivity contribution >= 4 is 5.97 Å². The molecule has 0 N–H and O–H groups in total. The average molecular weight is 451 g/mol. The maximum atomic E-state index is 12.2. The second kappa shape index (κ2) is 9.54. The molecule has 4 aliphatic rings. The molecule has 0 bridgehead atoms. The number of hydrogen-bond donors (Lipinski definition) is 0. The number of ether oxygens (including phenoxy) is 4. The molecular formula is C27H46O5. The first kappa shape index (κ1) is 24.5. The molecule has 0 amide bonds. The Bertz CT molecular complexity index is 666. The molecule has 0 spiro atoms. The Hall–Kier alpha value is -0.650. The molecule has 4 rings (SSSR count). The van der Waals surface area contributed by atoms with Gasteiger partial charge in [-0.25, -0.2) is 0 Å². The van der Waals surface area contributed by atoms with Crippen LogP contribution in [0.2, 0.25) is 0 Å². The van der Waals surface area contributed by atoms with Crippen LogP contribution < -0.4 is 0 Å². The van der Waals surface area contributed by atoms with Gasteiger partial charge < -0.3 is 18.9 Å². The summed E-state index contributed by atoms with van der Waals surface area (Å²) < 4.78 is 23.5. The number of esters is 1. The lowest BCUT2D eigenvalue weighted by Crippen LogP contribution is -2.62. The highest BCUT2D eigenvalue weighted by molar-refractivity contribution is 5.69. The minimum Gasteiger partial charge on any atom is -0.465 e. The van der Waals surface area contributed by atoms with Gasteiger partial charge in [-0.1, -0.05) is 20.8 Å². The number of methoxy groups -OCH3 is 3. The molecule has 1 heterocycles. The Labute approximate surface area is 195 Å². The highest BCUT2D eigenvalue weighted by atomic mass is 16.5. The van der Waals surface area contributed by atoms with Gasteiger partial charge in [0.05, 0.1) is 18.8 Å². The molecule has 0 aromatic heterocycles. The third kappa shape index (κ3) is 3.84. The maximum absolute atomic E-state index is 12.2. The van der Waals surface area contributed by atoms with Crippen molar-refractivity contribution in [1.82, 2.24) is 0 Å². The minimum atomic E-state index is -0.0269. The Kier molecular flexibility index (Phi) is 7.30. The zero-order chi connectivity index (χ0) is 23.1. The first-order valence-corrected chi connectivity index (χ1v) is 13.0. The topological polar surface area (TPSA) is 54.0 Å². The van der Waals surface area contributed by atoms with Crippen LogP contribution in [-0.2, 0) is 23.7 Å². The van der Waals surface area contributed by atoms with Gasteiger partial charge >= 0.3 is 5.97 Å². The lowest BCUT2D eigenvalue weighted by atomic mass is 9.44. The molecule has 10 atom stereocenters. The highest BCUT2D eigenvalue weighted by Crippen LogP contribution is 2.68. The van der Waals surface area contributed by atoms with Crippen LogP contribution in [0.3, 0.4) is 0 Å². The highest BCUT2D eigenvalue weighted by Gasteiger charge is 2.66. The Morgan fingerprint density at radius 2 is 1.88 bits per heavy atom. The van der Waals surface area contributed by atoms with Crippen LogP contribution in [-0.4, -0.2) is 52.7 Å². The van der Waals surface area contributed by atoms with E-state index >= 15 is 0 Å².